The number of allylic oxidation sites excluding steroid dienone is 1. The average Bonchev–Trinajstić information content (AvgIpc) is 2.71. The zero-order valence-electron chi connectivity index (χ0n) is 13.7. The Morgan fingerprint density at radius 2 is 1.86 bits per heavy atom. The number of nitro groups is 1. The molecule has 0 aromatic heterocycles. The highest BCUT2D eigenvalue weighted by atomic mass is 16.6. The summed E-state index contributed by atoms with van der Waals surface area (Å²) in [6.45, 7) is 6.95. The summed E-state index contributed by atoms with van der Waals surface area (Å²) >= 11 is 0. The van der Waals surface area contributed by atoms with Gasteiger partial charge in [0.1, 0.15) is 0 Å². The Labute approximate surface area is 132 Å². The normalized spacial score (nSPS) is 26.0. The van der Waals surface area contributed by atoms with E-state index < -0.39 is 5.41 Å². The van der Waals surface area contributed by atoms with Crippen molar-refractivity contribution < 1.29 is 9.72 Å². The van der Waals surface area contributed by atoms with Gasteiger partial charge in [-0.15, -0.1) is 0 Å². The molecule has 0 radical (unpaired) electrons. The van der Waals surface area contributed by atoms with Crippen LogP contribution in [0, 0.1) is 21.4 Å². The van der Waals surface area contributed by atoms with Crippen LogP contribution >= 0.6 is 0 Å². The number of fused-ring (bicyclic) bond motifs is 1. The van der Waals surface area contributed by atoms with Gasteiger partial charge in [0.25, 0.3) is 5.70 Å². The highest BCUT2D eigenvalue weighted by Gasteiger charge is 2.57. The number of rotatable bonds is 7. The van der Waals surface area contributed by atoms with Crippen LogP contribution in [0.3, 0.4) is 0 Å². The molecule has 2 aliphatic rings. The molecule has 0 aromatic rings. The first-order valence-corrected chi connectivity index (χ1v) is 8.37. The van der Waals surface area contributed by atoms with Crippen molar-refractivity contribution in [3.8, 4) is 0 Å². The molecule has 2 atom stereocenters. The number of hydrogen-bond acceptors (Lipinski definition) is 3. The molecule has 1 aliphatic heterocycles. The van der Waals surface area contributed by atoms with Crippen molar-refractivity contribution in [1.82, 2.24) is 4.90 Å². The number of amides is 1. The van der Waals surface area contributed by atoms with Crippen molar-refractivity contribution in [3.63, 3.8) is 0 Å². The molecule has 1 amide bonds. The molecule has 22 heavy (non-hydrogen) atoms. The molecular weight excluding hydrogens is 280 g/mol. The quantitative estimate of drug-likeness (QED) is 0.534. The minimum absolute atomic E-state index is 0.0192. The molecule has 1 heterocycles. The Hall–Kier alpha value is -1.65. The van der Waals surface area contributed by atoms with Crippen LogP contribution in [0.15, 0.2) is 23.9 Å². The van der Waals surface area contributed by atoms with E-state index in [1.165, 1.54) is 0 Å². The van der Waals surface area contributed by atoms with Crippen molar-refractivity contribution in [1.29, 1.82) is 0 Å². The van der Waals surface area contributed by atoms with Gasteiger partial charge >= 0.3 is 0 Å². The third-order valence-corrected chi connectivity index (χ3v) is 4.93. The summed E-state index contributed by atoms with van der Waals surface area (Å²) in [6.07, 6.45) is 9.51. The number of carbonyl (C=O) groups excluding carboxylic acids is 1. The zero-order valence-corrected chi connectivity index (χ0v) is 13.7. The van der Waals surface area contributed by atoms with Gasteiger partial charge in [0.05, 0.1) is 16.4 Å². The minimum Gasteiger partial charge on any atom is -0.335 e. The van der Waals surface area contributed by atoms with Crippen molar-refractivity contribution >= 4 is 5.91 Å². The molecule has 0 N–H and O–H groups in total. The fourth-order valence-corrected chi connectivity index (χ4v) is 4.18. The predicted molar refractivity (Wildman–Crippen MR) is 85.7 cm³/mol. The van der Waals surface area contributed by atoms with Gasteiger partial charge in [-0.2, -0.15) is 0 Å². The molecule has 1 fully saturated rings. The minimum atomic E-state index is -0.463. The van der Waals surface area contributed by atoms with Crippen LogP contribution in [0.2, 0.25) is 0 Å². The second kappa shape index (κ2) is 6.63. The second-order valence-electron chi connectivity index (χ2n) is 6.38. The summed E-state index contributed by atoms with van der Waals surface area (Å²) in [5.74, 6) is 0.121. The van der Waals surface area contributed by atoms with E-state index in [1.807, 2.05) is 11.0 Å². The maximum absolute atomic E-state index is 13.1. The van der Waals surface area contributed by atoms with Crippen LogP contribution < -0.4 is 0 Å². The third kappa shape index (κ3) is 2.57. The fraction of sp³-hybridized carbons (Fsp3) is 0.706. The Bertz CT molecular complexity index is 504. The zero-order chi connectivity index (χ0) is 16.3. The summed E-state index contributed by atoms with van der Waals surface area (Å²) in [5, 5.41) is 11.1. The topological polar surface area (TPSA) is 63.5 Å². The van der Waals surface area contributed by atoms with Crippen molar-refractivity contribution in [2.45, 2.75) is 58.9 Å². The molecule has 5 nitrogen and oxygen atoms in total. The van der Waals surface area contributed by atoms with Gasteiger partial charge in [-0.3, -0.25) is 14.9 Å². The summed E-state index contributed by atoms with van der Waals surface area (Å²) in [6, 6.07) is -0.0192. The summed E-state index contributed by atoms with van der Waals surface area (Å²) in [5.41, 5.74) is -0.334. The van der Waals surface area contributed by atoms with E-state index in [9.17, 15) is 14.9 Å². The van der Waals surface area contributed by atoms with Gasteiger partial charge in [0, 0.05) is 24.6 Å². The van der Waals surface area contributed by atoms with Gasteiger partial charge < -0.3 is 4.90 Å². The molecule has 0 bridgehead atoms. The highest BCUT2D eigenvalue weighted by Crippen LogP contribution is 2.51. The number of carbonyl (C=O) groups is 1. The molecule has 0 saturated carbocycles. The van der Waals surface area contributed by atoms with E-state index in [1.54, 1.807) is 12.2 Å². The van der Waals surface area contributed by atoms with Gasteiger partial charge in [-0.1, -0.05) is 39.7 Å². The lowest BCUT2D eigenvalue weighted by atomic mass is 9.68. The monoisotopic (exact) mass is 306 g/mol. The lowest BCUT2D eigenvalue weighted by molar-refractivity contribution is -0.420. The van der Waals surface area contributed by atoms with E-state index in [0.717, 1.165) is 38.6 Å². The Morgan fingerprint density at radius 3 is 2.36 bits per heavy atom. The third-order valence-electron chi connectivity index (χ3n) is 4.93. The number of hydrogen-bond donors (Lipinski definition) is 0. The van der Waals surface area contributed by atoms with E-state index in [2.05, 4.69) is 20.8 Å². The Kier molecular flexibility index (Phi) is 5.04. The standard InChI is InChI=1S/C17H26N2O3/c1-4-9-17(10-5-2)14-12-13(19(21)22)7-8-15(14)18(11-6-3)16(17)20/h7-8,12,14-15H,4-6,9-11H2,1-3H3. The lowest BCUT2D eigenvalue weighted by Crippen LogP contribution is -2.37. The Morgan fingerprint density at radius 1 is 1.23 bits per heavy atom. The average molecular weight is 306 g/mol. The van der Waals surface area contributed by atoms with Gasteiger partial charge in [-0.25, -0.2) is 0 Å². The van der Waals surface area contributed by atoms with Crippen LogP contribution in [-0.2, 0) is 4.79 Å². The molecule has 1 saturated heterocycles. The highest BCUT2D eigenvalue weighted by molar-refractivity contribution is 5.87. The maximum Gasteiger partial charge on any atom is 0.265 e. The predicted octanol–water partition coefficient (Wildman–Crippen LogP) is 3.54. The number of nitrogens with zero attached hydrogens (tertiary/aromatic N) is 2. The van der Waals surface area contributed by atoms with Crippen LogP contribution in [0.25, 0.3) is 0 Å². The molecule has 0 aromatic carbocycles. The molecule has 2 rings (SSSR count). The second-order valence-corrected chi connectivity index (χ2v) is 6.38. The largest absolute Gasteiger partial charge is 0.335 e. The summed E-state index contributed by atoms with van der Waals surface area (Å²) in [4.78, 5) is 25.9. The lowest BCUT2D eigenvalue weighted by Gasteiger charge is -2.32. The van der Waals surface area contributed by atoms with Crippen molar-refractivity contribution in [2.24, 2.45) is 11.3 Å². The van der Waals surface area contributed by atoms with E-state index in [0.29, 0.717) is 0 Å². The smallest absolute Gasteiger partial charge is 0.265 e. The SMILES string of the molecule is CCCN1C(=O)C(CCC)(CCC)C2C=C([N+](=O)[O-])C=CC21. The first kappa shape index (κ1) is 16.7. The van der Waals surface area contributed by atoms with E-state index >= 15 is 0 Å². The molecule has 0 spiro atoms. The first-order chi connectivity index (χ1) is 10.5. The van der Waals surface area contributed by atoms with Crippen molar-refractivity contribution in [2.75, 3.05) is 6.54 Å². The van der Waals surface area contributed by atoms with Crippen molar-refractivity contribution in [3.05, 3.63) is 34.0 Å². The molecular formula is C17H26N2O3. The molecule has 2 unspecified atom stereocenters. The van der Waals surface area contributed by atoms with Crippen LogP contribution in [0.5, 0.6) is 0 Å². The number of likely N-dealkylation sites (tertiary alicyclic amines) is 1. The maximum atomic E-state index is 13.1. The molecule has 1 aliphatic carbocycles. The van der Waals surface area contributed by atoms with Crippen LogP contribution in [0.1, 0.15) is 52.9 Å². The van der Waals surface area contributed by atoms with Gasteiger partial charge in [0.2, 0.25) is 5.91 Å². The fourth-order valence-electron chi connectivity index (χ4n) is 4.18. The Balaban J connectivity index is 2.48. The molecule has 5 heteroatoms. The van der Waals surface area contributed by atoms with E-state index in [-0.39, 0.29) is 28.5 Å². The molecule has 122 valence electrons. The van der Waals surface area contributed by atoms with Crippen LogP contribution in [0.4, 0.5) is 0 Å². The summed E-state index contributed by atoms with van der Waals surface area (Å²) < 4.78 is 0. The van der Waals surface area contributed by atoms with Gasteiger partial charge in [0.15, 0.2) is 0 Å². The van der Waals surface area contributed by atoms with Crippen LogP contribution in [-0.4, -0.2) is 28.3 Å². The summed E-state index contributed by atoms with van der Waals surface area (Å²) in [7, 11) is 0. The van der Waals surface area contributed by atoms with Gasteiger partial charge in [-0.05, 0) is 19.3 Å². The first-order valence-electron chi connectivity index (χ1n) is 8.37. The van der Waals surface area contributed by atoms with E-state index in [4.69, 9.17) is 0 Å².